The van der Waals surface area contributed by atoms with E-state index in [1.165, 1.54) is 5.56 Å². The molecule has 2 heterocycles. The molecule has 0 spiro atoms. The van der Waals surface area contributed by atoms with Gasteiger partial charge < -0.3 is 20.4 Å². The number of hydrogen-bond acceptors (Lipinski definition) is 4. The molecule has 0 saturated carbocycles. The lowest BCUT2D eigenvalue weighted by Crippen LogP contribution is -2.50. The molecule has 0 bridgehead atoms. The molecule has 1 saturated heterocycles. The van der Waals surface area contributed by atoms with Crippen molar-refractivity contribution in [2.45, 2.75) is 38.3 Å². The number of amides is 2. The Morgan fingerprint density at radius 2 is 2.03 bits per heavy atom. The summed E-state index contributed by atoms with van der Waals surface area (Å²) in [6.45, 7) is 3.32. The van der Waals surface area contributed by atoms with E-state index in [0.717, 1.165) is 56.7 Å². The van der Waals surface area contributed by atoms with Gasteiger partial charge in [0.05, 0.1) is 11.4 Å². The van der Waals surface area contributed by atoms with Gasteiger partial charge in [0.2, 0.25) is 5.91 Å². The van der Waals surface area contributed by atoms with E-state index in [1.807, 2.05) is 18.2 Å². The zero-order valence-electron chi connectivity index (χ0n) is 17.6. The average Bonchev–Trinajstić information content (AvgIpc) is 2.77. The number of carbonyl (C=O) groups is 2. The molecular formula is C24H30N4O2. The van der Waals surface area contributed by atoms with Crippen LogP contribution in [0.4, 0.5) is 11.4 Å². The van der Waals surface area contributed by atoms with Crippen LogP contribution in [0.3, 0.4) is 0 Å². The maximum absolute atomic E-state index is 12.6. The molecule has 2 aliphatic rings. The predicted octanol–water partition coefficient (Wildman–Crippen LogP) is 3.25. The van der Waals surface area contributed by atoms with Gasteiger partial charge in [-0.3, -0.25) is 9.59 Å². The topological polar surface area (TPSA) is 64.7 Å². The van der Waals surface area contributed by atoms with Gasteiger partial charge in [0.25, 0.3) is 5.91 Å². The maximum atomic E-state index is 12.6. The van der Waals surface area contributed by atoms with Crippen molar-refractivity contribution in [3.63, 3.8) is 0 Å². The Hall–Kier alpha value is -2.86. The minimum atomic E-state index is -0.0986. The summed E-state index contributed by atoms with van der Waals surface area (Å²) in [6, 6.07) is 15.9. The van der Waals surface area contributed by atoms with Gasteiger partial charge >= 0.3 is 0 Å². The first-order valence-corrected chi connectivity index (χ1v) is 10.8. The first kappa shape index (κ1) is 20.4. The molecule has 158 valence electrons. The van der Waals surface area contributed by atoms with Crippen molar-refractivity contribution >= 4 is 23.2 Å². The third kappa shape index (κ3) is 4.65. The summed E-state index contributed by atoms with van der Waals surface area (Å²) < 4.78 is 0. The minimum Gasteiger partial charge on any atom is -0.358 e. The van der Waals surface area contributed by atoms with Crippen LogP contribution in [0.5, 0.6) is 0 Å². The van der Waals surface area contributed by atoms with E-state index in [1.54, 1.807) is 6.07 Å². The summed E-state index contributed by atoms with van der Waals surface area (Å²) in [6.07, 6.45) is 3.97. The largest absolute Gasteiger partial charge is 0.358 e. The lowest BCUT2D eigenvalue weighted by Gasteiger charge is -2.41. The monoisotopic (exact) mass is 406 g/mol. The van der Waals surface area contributed by atoms with Crippen LogP contribution in [0, 0.1) is 0 Å². The molecule has 2 aromatic rings. The maximum Gasteiger partial charge on any atom is 0.251 e. The smallest absolute Gasteiger partial charge is 0.251 e. The molecule has 6 heteroatoms. The summed E-state index contributed by atoms with van der Waals surface area (Å²) in [4.78, 5) is 29.4. The fourth-order valence-electron chi connectivity index (χ4n) is 4.36. The van der Waals surface area contributed by atoms with Crippen molar-refractivity contribution in [2.75, 3.05) is 36.9 Å². The van der Waals surface area contributed by atoms with Crippen molar-refractivity contribution in [1.29, 1.82) is 0 Å². The second-order valence-electron chi connectivity index (χ2n) is 8.26. The second-order valence-corrected chi connectivity index (χ2v) is 8.26. The van der Waals surface area contributed by atoms with E-state index < -0.39 is 0 Å². The molecule has 1 fully saturated rings. The molecule has 0 radical (unpaired) electrons. The first-order chi connectivity index (χ1) is 14.6. The lowest BCUT2D eigenvalue weighted by molar-refractivity contribution is -0.118. The normalized spacial score (nSPS) is 17.9. The zero-order valence-corrected chi connectivity index (χ0v) is 17.6. The molecule has 30 heavy (non-hydrogen) atoms. The summed E-state index contributed by atoms with van der Waals surface area (Å²) >= 11 is 0. The Morgan fingerprint density at radius 1 is 1.20 bits per heavy atom. The Labute approximate surface area is 178 Å². The van der Waals surface area contributed by atoms with Crippen molar-refractivity contribution in [3.8, 4) is 0 Å². The molecule has 0 aliphatic carbocycles. The Balaban J connectivity index is 1.28. The van der Waals surface area contributed by atoms with Gasteiger partial charge in [-0.1, -0.05) is 30.3 Å². The van der Waals surface area contributed by atoms with E-state index in [2.05, 4.69) is 51.7 Å². The van der Waals surface area contributed by atoms with Gasteiger partial charge in [-0.25, -0.2) is 0 Å². The minimum absolute atomic E-state index is 0.0428. The third-order valence-corrected chi connectivity index (χ3v) is 5.93. The molecule has 2 amide bonds. The molecule has 2 aliphatic heterocycles. The number of rotatable bonds is 7. The first-order valence-electron chi connectivity index (χ1n) is 10.8. The molecule has 1 atom stereocenters. The van der Waals surface area contributed by atoms with Crippen LogP contribution >= 0.6 is 0 Å². The number of hydrogen-bond donors (Lipinski definition) is 2. The van der Waals surface area contributed by atoms with Gasteiger partial charge in [-0.05, 0) is 63.0 Å². The Kier molecular flexibility index (Phi) is 6.33. The van der Waals surface area contributed by atoms with Gasteiger partial charge in [-0.15, -0.1) is 0 Å². The summed E-state index contributed by atoms with van der Waals surface area (Å²) in [5.74, 6) is -0.0558. The van der Waals surface area contributed by atoms with Crippen molar-refractivity contribution in [2.24, 2.45) is 0 Å². The summed E-state index contributed by atoms with van der Waals surface area (Å²) in [5, 5.41) is 5.99. The fraction of sp³-hybridized carbons (Fsp3) is 0.417. The van der Waals surface area contributed by atoms with Crippen LogP contribution in [-0.2, 0) is 11.3 Å². The molecule has 6 nitrogen and oxygen atoms in total. The molecule has 4 rings (SSSR count). The van der Waals surface area contributed by atoms with Crippen LogP contribution in [-0.4, -0.2) is 49.4 Å². The number of nitrogens with one attached hydrogen (secondary N) is 2. The molecule has 0 aromatic heterocycles. The van der Waals surface area contributed by atoms with E-state index in [0.29, 0.717) is 12.1 Å². The number of nitrogens with zero attached hydrogens (tertiary/aromatic N) is 2. The molecule has 2 aromatic carbocycles. The highest BCUT2D eigenvalue weighted by molar-refractivity contribution is 6.05. The number of piperidine rings is 1. The van der Waals surface area contributed by atoms with E-state index in [-0.39, 0.29) is 17.9 Å². The third-order valence-electron chi connectivity index (χ3n) is 5.93. The average molecular weight is 407 g/mol. The lowest BCUT2D eigenvalue weighted by atomic mass is 9.97. The number of carbonyl (C=O) groups excluding carboxylic acids is 2. The Bertz CT molecular complexity index is 899. The SMILES string of the molecule is CN(CCCNC(=O)c1ccc2c(c1)NC(=O)C1CCCCN21)Cc1ccccc1. The van der Waals surface area contributed by atoms with Crippen molar-refractivity contribution < 1.29 is 9.59 Å². The molecular weight excluding hydrogens is 376 g/mol. The molecule has 1 unspecified atom stereocenters. The van der Waals surface area contributed by atoms with E-state index in [4.69, 9.17) is 0 Å². The van der Waals surface area contributed by atoms with E-state index >= 15 is 0 Å². The summed E-state index contributed by atoms with van der Waals surface area (Å²) in [7, 11) is 2.09. The highest BCUT2D eigenvalue weighted by Gasteiger charge is 2.34. The van der Waals surface area contributed by atoms with Crippen LogP contribution in [0.1, 0.15) is 41.6 Å². The number of anilines is 2. The molecule has 2 N–H and O–H groups in total. The Morgan fingerprint density at radius 3 is 2.87 bits per heavy atom. The highest BCUT2D eigenvalue weighted by atomic mass is 16.2. The van der Waals surface area contributed by atoms with Gasteiger partial charge in [0.15, 0.2) is 0 Å². The fourth-order valence-corrected chi connectivity index (χ4v) is 4.36. The van der Waals surface area contributed by atoms with Gasteiger partial charge in [-0.2, -0.15) is 0 Å². The van der Waals surface area contributed by atoms with Crippen LogP contribution in [0.2, 0.25) is 0 Å². The second kappa shape index (κ2) is 9.30. The van der Waals surface area contributed by atoms with Crippen LogP contribution in [0.25, 0.3) is 0 Å². The predicted molar refractivity (Wildman–Crippen MR) is 120 cm³/mol. The number of fused-ring (bicyclic) bond motifs is 3. The van der Waals surface area contributed by atoms with Crippen LogP contribution in [0.15, 0.2) is 48.5 Å². The highest BCUT2D eigenvalue weighted by Crippen LogP contribution is 2.36. The van der Waals surface area contributed by atoms with E-state index in [9.17, 15) is 9.59 Å². The standard InChI is InChI=1S/C24H30N4O2/c1-27(17-18-8-3-2-4-9-18)14-7-13-25-23(29)19-11-12-21-20(16-19)26-24(30)22-10-5-6-15-28(21)22/h2-4,8-9,11-12,16,22H,5-7,10,13-15,17H2,1H3,(H,25,29)(H,26,30). The number of benzene rings is 2. The quantitative estimate of drug-likeness (QED) is 0.693. The van der Waals surface area contributed by atoms with Crippen molar-refractivity contribution in [3.05, 3.63) is 59.7 Å². The summed E-state index contributed by atoms with van der Waals surface area (Å²) in [5.41, 5.74) is 3.64. The van der Waals surface area contributed by atoms with Gasteiger partial charge in [0.1, 0.15) is 6.04 Å². The van der Waals surface area contributed by atoms with Crippen molar-refractivity contribution in [1.82, 2.24) is 10.2 Å². The van der Waals surface area contributed by atoms with Crippen LogP contribution < -0.4 is 15.5 Å². The van der Waals surface area contributed by atoms with Gasteiger partial charge in [0, 0.05) is 25.2 Å². The zero-order chi connectivity index (χ0) is 20.9.